The Kier molecular flexibility index (Phi) is 8.92. The number of aliphatic hydroxyl groups excluding tert-OH is 1. The summed E-state index contributed by atoms with van der Waals surface area (Å²) in [5.41, 5.74) is 4.77. The Morgan fingerprint density at radius 2 is 1.93 bits per heavy atom. The van der Waals surface area contributed by atoms with Gasteiger partial charge in [0.1, 0.15) is 11.8 Å². The van der Waals surface area contributed by atoms with E-state index in [1.165, 1.54) is 6.07 Å². The van der Waals surface area contributed by atoms with E-state index >= 15 is 4.39 Å². The molecule has 0 fully saturated rings. The molecule has 0 aliphatic rings. The number of likely N-dealkylation sites (N-methyl/N-ethyl adjacent to an activating group) is 2. The summed E-state index contributed by atoms with van der Waals surface area (Å²) in [6.45, 7) is 10.2. The van der Waals surface area contributed by atoms with Crippen molar-refractivity contribution in [1.82, 2.24) is 29.4 Å². The number of aromatic nitrogens is 4. The summed E-state index contributed by atoms with van der Waals surface area (Å²) in [5.74, 6) is -2.16. The second kappa shape index (κ2) is 12.0. The Labute approximate surface area is 234 Å². The summed E-state index contributed by atoms with van der Waals surface area (Å²) in [6.07, 6.45) is 3.31. The molecule has 10 heteroatoms. The second-order valence-corrected chi connectivity index (χ2v) is 11.4. The fourth-order valence-corrected chi connectivity index (χ4v) is 4.74. The van der Waals surface area contributed by atoms with Gasteiger partial charge in [-0.05, 0) is 50.7 Å². The largest absolute Gasteiger partial charge is 0.489 e. The molecule has 0 bridgehead atoms. The number of imidazole rings is 1. The smallest absolute Gasteiger partial charge is 0.201 e. The second-order valence-electron chi connectivity index (χ2n) is 11.4. The van der Waals surface area contributed by atoms with Gasteiger partial charge in [-0.1, -0.05) is 20.8 Å². The number of aryl methyl sites for hydroxylation is 1. The van der Waals surface area contributed by atoms with Gasteiger partial charge in [0.2, 0.25) is 5.82 Å². The van der Waals surface area contributed by atoms with E-state index in [1.807, 2.05) is 77.8 Å². The van der Waals surface area contributed by atoms with E-state index in [4.69, 9.17) is 4.74 Å². The van der Waals surface area contributed by atoms with Crippen LogP contribution in [0.15, 0.2) is 36.7 Å². The minimum absolute atomic E-state index is 0.0819. The van der Waals surface area contributed by atoms with Crippen LogP contribution >= 0.6 is 0 Å². The topological polar surface area (TPSA) is 79.8 Å². The highest BCUT2D eigenvalue weighted by molar-refractivity contribution is 5.71. The van der Waals surface area contributed by atoms with Gasteiger partial charge in [0.05, 0.1) is 24.2 Å². The zero-order chi connectivity index (χ0) is 29.2. The van der Waals surface area contributed by atoms with Crippen LogP contribution in [0.5, 0.6) is 5.75 Å². The van der Waals surface area contributed by atoms with E-state index in [0.29, 0.717) is 29.8 Å². The van der Waals surface area contributed by atoms with Gasteiger partial charge in [0.15, 0.2) is 11.6 Å². The molecule has 0 radical (unpaired) electrons. The van der Waals surface area contributed by atoms with Gasteiger partial charge in [-0.2, -0.15) is 9.49 Å². The van der Waals surface area contributed by atoms with Gasteiger partial charge in [-0.25, -0.2) is 9.37 Å². The van der Waals surface area contributed by atoms with Crippen molar-refractivity contribution in [3.63, 3.8) is 0 Å². The number of ether oxygens (including phenoxy) is 1. The van der Waals surface area contributed by atoms with Crippen LogP contribution in [-0.4, -0.2) is 63.0 Å². The first kappa shape index (κ1) is 29.6. The molecule has 216 valence electrons. The average molecular weight is 555 g/mol. The Bertz CT molecular complexity index is 1470. The maximum absolute atomic E-state index is 15.2. The number of nitrogens with one attached hydrogen (secondary N) is 1. The molecule has 0 aliphatic carbocycles. The molecule has 4 rings (SSSR count). The molecule has 40 heavy (non-hydrogen) atoms. The number of nitrogens with zero attached hydrogens (tertiary/aromatic N) is 5. The third kappa shape index (κ3) is 6.19. The van der Waals surface area contributed by atoms with Gasteiger partial charge < -0.3 is 19.6 Å². The lowest BCUT2D eigenvalue weighted by Gasteiger charge is -2.25. The highest BCUT2D eigenvalue weighted by Gasteiger charge is 2.30. The third-order valence-electron chi connectivity index (χ3n) is 7.29. The monoisotopic (exact) mass is 554 g/mol. The Morgan fingerprint density at radius 1 is 1.18 bits per heavy atom. The van der Waals surface area contributed by atoms with Crippen molar-refractivity contribution in [3.05, 3.63) is 70.9 Å². The summed E-state index contributed by atoms with van der Waals surface area (Å²) in [6, 6.07) is 6.34. The Morgan fingerprint density at radius 3 is 2.62 bits per heavy atom. The zero-order valence-corrected chi connectivity index (χ0v) is 24.4. The first-order valence-electron chi connectivity index (χ1n) is 13.5. The summed E-state index contributed by atoms with van der Waals surface area (Å²) in [7, 11) is 5.78. The quantitative estimate of drug-likeness (QED) is 0.281. The van der Waals surface area contributed by atoms with E-state index in [1.54, 1.807) is 4.68 Å². The van der Waals surface area contributed by atoms with Crippen LogP contribution in [-0.2, 0) is 20.0 Å². The zero-order valence-electron chi connectivity index (χ0n) is 24.4. The molecular weight excluding hydrogens is 514 g/mol. The summed E-state index contributed by atoms with van der Waals surface area (Å²) in [5, 5.41) is 18.6. The number of hydrogen-bond donors (Lipinski definition) is 2. The number of benzene rings is 1. The molecule has 0 aliphatic heterocycles. The van der Waals surface area contributed by atoms with Crippen LogP contribution in [0.1, 0.15) is 49.5 Å². The number of pyridine rings is 1. The SMILES string of the molecule is CNCCN(C)Cc1cnc2ccc(-c3ccc(F)c(F)c3OCCc3c(C(O)C(C)(C)C)nn(C)c3C)cn12. The van der Waals surface area contributed by atoms with Crippen LogP contribution in [0, 0.1) is 24.0 Å². The van der Waals surface area contributed by atoms with Crippen LogP contribution in [0.2, 0.25) is 0 Å². The van der Waals surface area contributed by atoms with E-state index in [-0.39, 0.29) is 12.4 Å². The lowest BCUT2D eigenvalue weighted by atomic mass is 9.85. The first-order chi connectivity index (χ1) is 18.9. The van der Waals surface area contributed by atoms with Gasteiger partial charge >= 0.3 is 0 Å². The molecule has 1 unspecified atom stereocenters. The standard InChI is InChI=1S/C30H40F2N6O2/c1-19-22(27(35-37(19)7)29(39)30(2,3)4)12-15-40-28-23(9-10-24(31)26(28)32)20-8-11-25-34-16-21(38(25)17-20)18-36(6)14-13-33-5/h8-11,16-17,29,33,39H,12-15,18H2,1-7H3. The number of hydrogen-bond acceptors (Lipinski definition) is 6. The summed E-state index contributed by atoms with van der Waals surface area (Å²) in [4.78, 5) is 6.69. The summed E-state index contributed by atoms with van der Waals surface area (Å²) < 4.78 is 39.2. The molecule has 2 N–H and O–H groups in total. The molecule has 1 aromatic carbocycles. The van der Waals surface area contributed by atoms with Crippen molar-refractivity contribution in [2.24, 2.45) is 12.5 Å². The molecule has 8 nitrogen and oxygen atoms in total. The number of fused-ring (bicyclic) bond motifs is 1. The number of halogens is 2. The molecule has 1 atom stereocenters. The minimum atomic E-state index is -1.03. The predicted octanol–water partition coefficient (Wildman–Crippen LogP) is 4.67. The molecular formula is C30H40F2N6O2. The number of aliphatic hydroxyl groups is 1. The van der Waals surface area contributed by atoms with Gasteiger partial charge in [0.25, 0.3) is 0 Å². The van der Waals surface area contributed by atoms with E-state index in [2.05, 4.69) is 20.3 Å². The van der Waals surface area contributed by atoms with Crippen molar-refractivity contribution < 1.29 is 18.6 Å². The van der Waals surface area contributed by atoms with Crippen LogP contribution < -0.4 is 10.1 Å². The maximum atomic E-state index is 15.2. The molecule has 0 spiro atoms. The van der Waals surface area contributed by atoms with Crippen LogP contribution in [0.25, 0.3) is 16.8 Å². The first-order valence-corrected chi connectivity index (χ1v) is 13.5. The molecule has 0 amide bonds. The van der Waals surface area contributed by atoms with E-state index in [0.717, 1.165) is 41.8 Å². The normalized spacial score (nSPS) is 13.0. The van der Waals surface area contributed by atoms with Crippen molar-refractivity contribution in [2.45, 2.75) is 46.8 Å². The molecule has 0 saturated carbocycles. The number of rotatable bonds is 11. The lowest BCUT2D eigenvalue weighted by molar-refractivity contribution is 0.0575. The highest BCUT2D eigenvalue weighted by Crippen LogP contribution is 2.36. The lowest BCUT2D eigenvalue weighted by Crippen LogP contribution is -2.27. The van der Waals surface area contributed by atoms with Crippen LogP contribution in [0.3, 0.4) is 0 Å². The van der Waals surface area contributed by atoms with Crippen molar-refractivity contribution in [2.75, 3.05) is 33.8 Å². The van der Waals surface area contributed by atoms with E-state index in [9.17, 15) is 9.50 Å². The van der Waals surface area contributed by atoms with Crippen molar-refractivity contribution in [3.8, 4) is 16.9 Å². The fourth-order valence-electron chi connectivity index (χ4n) is 4.74. The van der Waals surface area contributed by atoms with Crippen molar-refractivity contribution in [1.29, 1.82) is 0 Å². The van der Waals surface area contributed by atoms with Crippen molar-refractivity contribution >= 4 is 5.65 Å². The average Bonchev–Trinajstić information content (AvgIpc) is 3.43. The third-order valence-corrected chi connectivity index (χ3v) is 7.29. The molecule has 4 aromatic rings. The molecule has 3 heterocycles. The predicted molar refractivity (Wildman–Crippen MR) is 152 cm³/mol. The minimum Gasteiger partial charge on any atom is -0.489 e. The Hall–Kier alpha value is -3.34. The highest BCUT2D eigenvalue weighted by atomic mass is 19.2. The van der Waals surface area contributed by atoms with Gasteiger partial charge in [0, 0.05) is 61.7 Å². The fraction of sp³-hybridized carbons (Fsp3) is 0.467. The van der Waals surface area contributed by atoms with Gasteiger partial charge in [-0.15, -0.1) is 0 Å². The summed E-state index contributed by atoms with van der Waals surface area (Å²) >= 11 is 0. The molecule has 3 aromatic heterocycles. The van der Waals surface area contributed by atoms with E-state index < -0.39 is 23.2 Å². The van der Waals surface area contributed by atoms with Gasteiger partial charge in [-0.3, -0.25) is 9.58 Å². The maximum Gasteiger partial charge on any atom is 0.201 e. The Balaban J connectivity index is 1.62. The van der Waals surface area contributed by atoms with Crippen LogP contribution in [0.4, 0.5) is 8.78 Å². The molecule has 0 saturated heterocycles.